The van der Waals surface area contributed by atoms with Crippen molar-refractivity contribution in [1.29, 1.82) is 5.26 Å². The molecule has 2 unspecified atom stereocenters. The van der Waals surface area contributed by atoms with Gasteiger partial charge in [-0.05, 0) is 29.3 Å². The van der Waals surface area contributed by atoms with Gasteiger partial charge in [-0.1, -0.05) is 18.2 Å². The van der Waals surface area contributed by atoms with E-state index in [9.17, 15) is 14.0 Å². The number of alkyl halides is 2. The maximum Gasteiger partial charge on any atom is 0.303 e. The van der Waals surface area contributed by atoms with Crippen molar-refractivity contribution in [3.8, 4) is 6.07 Å². The summed E-state index contributed by atoms with van der Waals surface area (Å²) in [6, 6.07) is 9.11. The van der Waals surface area contributed by atoms with Crippen LogP contribution in [0.25, 0.3) is 0 Å². The van der Waals surface area contributed by atoms with Crippen LogP contribution >= 0.6 is 0 Å². The van der Waals surface area contributed by atoms with Crippen LogP contribution in [-0.4, -0.2) is 17.7 Å². The summed E-state index contributed by atoms with van der Waals surface area (Å²) in [6.07, 6.45) is -0.678. The van der Waals surface area contributed by atoms with Crippen molar-refractivity contribution >= 4 is 11.8 Å². The molecule has 0 aromatic heterocycles. The molecular formula is C20H12F3NO3. The third-order valence-corrected chi connectivity index (χ3v) is 5.12. The Bertz CT molecular complexity index is 1050. The minimum absolute atomic E-state index is 0.0250. The van der Waals surface area contributed by atoms with Crippen molar-refractivity contribution in [2.45, 2.75) is 30.8 Å². The molecule has 2 aliphatic rings. The van der Waals surface area contributed by atoms with Crippen molar-refractivity contribution in [2.75, 3.05) is 0 Å². The van der Waals surface area contributed by atoms with Crippen LogP contribution in [0.4, 0.5) is 13.2 Å². The van der Waals surface area contributed by atoms with Crippen LogP contribution in [0.3, 0.4) is 0 Å². The molecule has 0 saturated heterocycles. The lowest BCUT2D eigenvalue weighted by atomic mass is 9.85. The Morgan fingerprint density at radius 2 is 2.04 bits per heavy atom. The fraction of sp³-hybridized carbons (Fsp3) is 0.250. The molecule has 2 aromatic rings. The molecule has 0 aliphatic heterocycles. The zero-order valence-electron chi connectivity index (χ0n) is 14.1. The average molecular weight is 371 g/mol. The van der Waals surface area contributed by atoms with Gasteiger partial charge in [0.05, 0.1) is 24.0 Å². The zero-order valence-corrected chi connectivity index (χ0v) is 14.1. The Kier molecular flexibility index (Phi) is 3.47. The molecule has 0 radical (unpaired) electrons. The highest BCUT2D eigenvalue weighted by Crippen LogP contribution is 2.64. The molecule has 2 aliphatic carbocycles. The van der Waals surface area contributed by atoms with Crippen LogP contribution in [0.1, 0.15) is 51.9 Å². The molecule has 0 heterocycles. The Hall–Kier alpha value is -3.14. The molecule has 0 N–H and O–H groups in total. The second-order valence-corrected chi connectivity index (χ2v) is 6.73. The average Bonchev–Trinajstić information content (AvgIpc) is 2.97. The molecular weight excluding hydrogens is 359 g/mol. The zero-order chi connectivity index (χ0) is 19.6. The smallest absolute Gasteiger partial charge is 0.303 e. The quantitative estimate of drug-likeness (QED) is 0.753. The molecule has 0 spiro atoms. The monoisotopic (exact) mass is 371 g/mol. The second-order valence-electron chi connectivity index (χ2n) is 6.73. The van der Waals surface area contributed by atoms with E-state index in [0.717, 1.165) is 19.1 Å². The van der Waals surface area contributed by atoms with E-state index in [4.69, 9.17) is 10.00 Å². The number of Topliss-reactive ketones (excluding diaryl/α,β-unsaturated/α-hetero) is 1. The van der Waals surface area contributed by atoms with Crippen LogP contribution in [-0.2, 0) is 15.1 Å². The van der Waals surface area contributed by atoms with E-state index in [1.807, 2.05) is 0 Å². The summed E-state index contributed by atoms with van der Waals surface area (Å²) < 4.78 is 50.4. The van der Waals surface area contributed by atoms with E-state index in [0.29, 0.717) is 0 Å². The van der Waals surface area contributed by atoms with E-state index < -0.39 is 41.4 Å². The van der Waals surface area contributed by atoms with Crippen LogP contribution in [0.5, 0.6) is 0 Å². The van der Waals surface area contributed by atoms with Gasteiger partial charge in [-0.15, -0.1) is 0 Å². The molecule has 7 heteroatoms. The number of ketones is 1. The molecule has 0 saturated carbocycles. The van der Waals surface area contributed by atoms with Crippen LogP contribution in [0.2, 0.25) is 0 Å². The first-order chi connectivity index (χ1) is 12.7. The maximum atomic E-state index is 15.7. The third-order valence-electron chi connectivity index (χ3n) is 5.12. The summed E-state index contributed by atoms with van der Waals surface area (Å²) >= 11 is 0. The number of rotatable bonds is 2. The van der Waals surface area contributed by atoms with Crippen LogP contribution in [0.15, 0.2) is 36.4 Å². The van der Waals surface area contributed by atoms with E-state index >= 15 is 8.78 Å². The SMILES string of the molecule is CC(=O)OC12CC(=O)c3cccc(c31)C(c1cc(F)cc(C#N)c1)C2(F)F. The lowest BCUT2D eigenvalue weighted by molar-refractivity contribution is -0.210. The molecule has 0 amide bonds. The van der Waals surface area contributed by atoms with Gasteiger partial charge in [-0.3, -0.25) is 9.59 Å². The first kappa shape index (κ1) is 17.3. The molecule has 27 heavy (non-hydrogen) atoms. The molecule has 0 fully saturated rings. The largest absolute Gasteiger partial charge is 0.447 e. The summed E-state index contributed by atoms with van der Waals surface area (Å²) in [7, 11) is 0. The summed E-state index contributed by atoms with van der Waals surface area (Å²) in [6.45, 7) is 0.999. The van der Waals surface area contributed by atoms with Crippen molar-refractivity contribution in [1.82, 2.24) is 0 Å². The number of hydrogen-bond acceptors (Lipinski definition) is 4. The van der Waals surface area contributed by atoms with Gasteiger partial charge in [0.2, 0.25) is 5.60 Å². The Morgan fingerprint density at radius 1 is 1.30 bits per heavy atom. The van der Waals surface area contributed by atoms with E-state index in [2.05, 4.69) is 0 Å². The lowest BCUT2D eigenvalue weighted by Gasteiger charge is -2.34. The Balaban J connectivity index is 2.03. The first-order valence-corrected chi connectivity index (χ1v) is 8.16. The molecule has 4 nitrogen and oxygen atoms in total. The van der Waals surface area contributed by atoms with E-state index in [1.54, 1.807) is 6.07 Å². The van der Waals surface area contributed by atoms with Crippen molar-refractivity contribution in [3.63, 3.8) is 0 Å². The van der Waals surface area contributed by atoms with E-state index in [-0.39, 0.29) is 27.8 Å². The standard InChI is InChI=1S/C20H12F3NO3/c1-10(25)27-19-8-16(26)14-3-2-4-15(18(14)19)17(20(19,22)23)12-5-11(9-24)6-13(21)7-12/h2-7,17H,8H2,1H3. The van der Waals surface area contributed by atoms with Crippen LogP contribution < -0.4 is 0 Å². The van der Waals surface area contributed by atoms with Crippen molar-refractivity contribution in [2.24, 2.45) is 0 Å². The maximum absolute atomic E-state index is 15.7. The molecule has 2 atom stereocenters. The normalized spacial score (nSPS) is 24.4. The van der Waals surface area contributed by atoms with Crippen molar-refractivity contribution < 1.29 is 27.5 Å². The van der Waals surface area contributed by atoms with Gasteiger partial charge in [0.25, 0.3) is 0 Å². The third kappa shape index (κ3) is 2.16. The summed E-state index contributed by atoms with van der Waals surface area (Å²) in [4.78, 5) is 23.9. The number of carbonyl (C=O) groups excluding carboxylic acids is 2. The van der Waals surface area contributed by atoms with Crippen LogP contribution in [0, 0.1) is 17.1 Å². The van der Waals surface area contributed by atoms with Gasteiger partial charge in [0.15, 0.2) is 5.78 Å². The topological polar surface area (TPSA) is 67.2 Å². The minimum Gasteiger partial charge on any atom is -0.447 e. The fourth-order valence-corrected chi connectivity index (χ4v) is 4.25. The van der Waals surface area contributed by atoms with Gasteiger partial charge >= 0.3 is 11.9 Å². The van der Waals surface area contributed by atoms with Crippen molar-refractivity contribution in [3.05, 3.63) is 70.0 Å². The molecule has 4 rings (SSSR count). The summed E-state index contributed by atoms with van der Waals surface area (Å²) in [5, 5.41) is 9.05. The molecule has 0 bridgehead atoms. The number of nitrogens with zero attached hydrogens (tertiary/aromatic N) is 1. The first-order valence-electron chi connectivity index (χ1n) is 8.16. The summed E-state index contributed by atoms with van der Waals surface area (Å²) in [5.41, 5.74) is -2.49. The number of ether oxygens (including phenoxy) is 1. The highest BCUT2D eigenvalue weighted by molar-refractivity contribution is 6.03. The number of hydrogen-bond donors (Lipinski definition) is 0. The molecule has 136 valence electrons. The number of carbonyl (C=O) groups is 2. The Labute approximate surface area is 152 Å². The van der Waals surface area contributed by atoms with Gasteiger partial charge in [-0.2, -0.15) is 5.26 Å². The summed E-state index contributed by atoms with van der Waals surface area (Å²) in [5.74, 6) is -7.66. The molecule has 2 aromatic carbocycles. The lowest BCUT2D eigenvalue weighted by Crippen LogP contribution is -2.46. The number of halogens is 3. The number of nitriles is 1. The highest BCUT2D eigenvalue weighted by Gasteiger charge is 2.72. The predicted octanol–water partition coefficient (Wildman–Crippen LogP) is 3.82. The predicted molar refractivity (Wildman–Crippen MR) is 86.7 cm³/mol. The highest BCUT2D eigenvalue weighted by atomic mass is 19.3. The number of benzene rings is 2. The van der Waals surface area contributed by atoms with E-state index in [1.165, 1.54) is 24.3 Å². The van der Waals surface area contributed by atoms with Gasteiger partial charge in [-0.25, -0.2) is 13.2 Å². The minimum atomic E-state index is -3.70. The second kappa shape index (κ2) is 5.43. The number of esters is 1. The van der Waals surface area contributed by atoms with Gasteiger partial charge < -0.3 is 4.74 Å². The van der Waals surface area contributed by atoms with Gasteiger partial charge in [0.1, 0.15) is 5.82 Å². The Morgan fingerprint density at radius 3 is 2.70 bits per heavy atom. The van der Waals surface area contributed by atoms with Gasteiger partial charge in [0, 0.05) is 18.1 Å². The fourth-order valence-electron chi connectivity index (χ4n) is 4.25.